The summed E-state index contributed by atoms with van der Waals surface area (Å²) in [7, 11) is 0. The van der Waals surface area contributed by atoms with Crippen molar-refractivity contribution >= 4 is 0 Å². The van der Waals surface area contributed by atoms with Gasteiger partial charge in [-0.25, -0.2) is 0 Å². The van der Waals surface area contributed by atoms with E-state index in [0.29, 0.717) is 12.0 Å². The number of hydrogen-bond acceptors (Lipinski definition) is 1. The summed E-state index contributed by atoms with van der Waals surface area (Å²) in [5.41, 5.74) is 2.66. The molecule has 0 amide bonds. The van der Waals surface area contributed by atoms with Crippen LogP contribution in [0, 0.1) is 6.92 Å². The third-order valence-corrected chi connectivity index (χ3v) is 2.68. The largest absolute Gasteiger partial charge is 0.490 e. The van der Waals surface area contributed by atoms with Crippen molar-refractivity contribution in [2.24, 2.45) is 0 Å². The number of aryl methyl sites for hydroxylation is 1. The van der Waals surface area contributed by atoms with Crippen LogP contribution in [-0.2, 0) is 0 Å². The number of ether oxygens (including phenoxy) is 1. The Labute approximate surface area is 86.1 Å². The zero-order valence-electron chi connectivity index (χ0n) is 9.21. The Hall–Kier alpha value is -0.980. The minimum atomic E-state index is 0.499. The van der Waals surface area contributed by atoms with E-state index in [4.69, 9.17) is 4.74 Å². The van der Waals surface area contributed by atoms with E-state index in [1.807, 2.05) is 0 Å². The van der Waals surface area contributed by atoms with Crippen LogP contribution in [0.5, 0.6) is 5.75 Å². The highest BCUT2D eigenvalue weighted by atomic mass is 16.5. The van der Waals surface area contributed by atoms with Crippen LogP contribution in [0.15, 0.2) is 18.2 Å². The summed E-state index contributed by atoms with van der Waals surface area (Å²) < 4.78 is 5.79. The van der Waals surface area contributed by atoms with E-state index in [-0.39, 0.29) is 0 Å². The van der Waals surface area contributed by atoms with Crippen LogP contribution < -0.4 is 4.74 Å². The van der Waals surface area contributed by atoms with Gasteiger partial charge in [0.15, 0.2) is 0 Å². The molecule has 1 saturated carbocycles. The van der Waals surface area contributed by atoms with Crippen molar-refractivity contribution in [1.29, 1.82) is 0 Å². The predicted octanol–water partition coefficient (Wildman–Crippen LogP) is 3.66. The van der Waals surface area contributed by atoms with Crippen LogP contribution in [-0.4, -0.2) is 6.10 Å². The first kappa shape index (κ1) is 9.57. The lowest BCUT2D eigenvalue weighted by atomic mass is 10.0. The molecule has 0 unspecified atom stereocenters. The van der Waals surface area contributed by atoms with E-state index in [0.717, 1.165) is 5.75 Å². The molecule has 1 heteroatoms. The summed E-state index contributed by atoms with van der Waals surface area (Å²) in [4.78, 5) is 0. The summed E-state index contributed by atoms with van der Waals surface area (Å²) in [6.45, 7) is 6.57. The van der Waals surface area contributed by atoms with Gasteiger partial charge < -0.3 is 4.74 Å². The van der Waals surface area contributed by atoms with Crippen molar-refractivity contribution < 1.29 is 4.74 Å². The summed E-state index contributed by atoms with van der Waals surface area (Å²) in [6.07, 6.45) is 2.95. The number of hydrogen-bond donors (Lipinski definition) is 0. The van der Waals surface area contributed by atoms with Gasteiger partial charge in [-0.05, 0) is 42.9 Å². The van der Waals surface area contributed by atoms with Gasteiger partial charge in [0.1, 0.15) is 5.75 Å². The Kier molecular flexibility index (Phi) is 2.49. The van der Waals surface area contributed by atoms with Crippen molar-refractivity contribution in [3.63, 3.8) is 0 Å². The van der Waals surface area contributed by atoms with E-state index in [1.54, 1.807) is 0 Å². The molecule has 1 aliphatic rings. The van der Waals surface area contributed by atoms with E-state index in [2.05, 4.69) is 39.0 Å². The van der Waals surface area contributed by atoms with Gasteiger partial charge >= 0.3 is 0 Å². The molecule has 1 aromatic rings. The third-order valence-electron chi connectivity index (χ3n) is 2.68. The molecule has 0 aromatic heterocycles. The maximum atomic E-state index is 5.79. The summed E-state index contributed by atoms with van der Waals surface area (Å²) in [6, 6.07) is 6.53. The van der Waals surface area contributed by atoms with Gasteiger partial charge in [0, 0.05) is 0 Å². The molecule has 14 heavy (non-hydrogen) atoms. The molecule has 1 aliphatic carbocycles. The van der Waals surface area contributed by atoms with E-state index < -0.39 is 0 Å². The summed E-state index contributed by atoms with van der Waals surface area (Å²) >= 11 is 0. The maximum Gasteiger partial charge on any atom is 0.122 e. The van der Waals surface area contributed by atoms with Crippen molar-refractivity contribution in [3.05, 3.63) is 29.3 Å². The topological polar surface area (TPSA) is 9.23 Å². The molecule has 0 bridgehead atoms. The zero-order chi connectivity index (χ0) is 10.1. The molecule has 1 aromatic carbocycles. The second-order valence-electron chi connectivity index (χ2n) is 4.50. The first-order valence-electron chi connectivity index (χ1n) is 5.44. The van der Waals surface area contributed by atoms with Crippen LogP contribution in [0.4, 0.5) is 0 Å². The Morgan fingerprint density at radius 1 is 1.29 bits per heavy atom. The Morgan fingerprint density at radius 2 is 2.00 bits per heavy atom. The molecule has 1 fully saturated rings. The highest BCUT2D eigenvalue weighted by Gasteiger charge is 2.24. The average molecular weight is 190 g/mol. The van der Waals surface area contributed by atoms with Crippen molar-refractivity contribution in [2.45, 2.75) is 45.6 Å². The summed E-state index contributed by atoms with van der Waals surface area (Å²) in [5, 5.41) is 0. The fraction of sp³-hybridized carbons (Fsp3) is 0.538. The van der Waals surface area contributed by atoms with Crippen LogP contribution >= 0.6 is 0 Å². The second kappa shape index (κ2) is 3.64. The minimum Gasteiger partial charge on any atom is -0.490 e. The lowest BCUT2D eigenvalue weighted by molar-refractivity contribution is 0.301. The van der Waals surface area contributed by atoms with E-state index >= 15 is 0 Å². The van der Waals surface area contributed by atoms with Gasteiger partial charge in [-0.3, -0.25) is 0 Å². The highest BCUT2D eigenvalue weighted by molar-refractivity contribution is 5.37. The molecular weight excluding hydrogens is 172 g/mol. The fourth-order valence-electron chi connectivity index (χ4n) is 1.53. The predicted molar refractivity (Wildman–Crippen MR) is 58.9 cm³/mol. The van der Waals surface area contributed by atoms with Gasteiger partial charge in [0.05, 0.1) is 6.10 Å². The molecule has 2 rings (SSSR count). The average Bonchev–Trinajstić information content (AvgIpc) is 2.92. The first-order valence-corrected chi connectivity index (χ1v) is 5.44. The molecule has 76 valence electrons. The Balaban J connectivity index is 2.17. The van der Waals surface area contributed by atoms with Gasteiger partial charge in [0.25, 0.3) is 0 Å². The van der Waals surface area contributed by atoms with Crippen LogP contribution in [0.1, 0.15) is 43.7 Å². The number of benzene rings is 1. The quantitative estimate of drug-likeness (QED) is 0.706. The van der Waals surface area contributed by atoms with E-state index in [9.17, 15) is 0 Å². The van der Waals surface area contributed by atoms with Crippen molar-refractivity contribution in [2.75, 3.05) is 0 Å². The van der Waals surface area contributed by atoms with Gasteiger partial charge in [0.2, 0.25) is 0 Å². The molecule has 0 aliphatic heterocycles. The smallest absolute Gasteiger partial charge is 0.122 e. The van der Waals surface area contributed by atoms with Gasteiger partial charge in [-0.15, -0.1) is 0 Å². The molecule has 0 spiro atoms. The third kappa shape index (κ3) is 2.09. The highest BCUT2D eigenvalue weighted by Crippen LogP contribution is 2.30. The Bertz CT molecular complexity index is 324. The maximum absolute atomic E-state index is 5.79. The van der Waals surface area contributed by atoms with Crippen molar-refractivity contribution in [1.82, 2.24) is 0 Å². The molecule has 0 radical (unpaired) electrons. The molecular formula is C13H18O. The molecule has 0 saturated heterocycles. The monoisotopic (exact) mass is 190 g/mol. The molecule has 0 atom stereocenters. The van der Waals surface area contributed by atoms with E-state index in [1.165, 1.54) is 24.0 Å². The van der Waals surface area contributed by atoms with Crippen LogP contribution in [0.2, 0.25) is 0 Å². The first-order chi connectivity index (χ1) is 6.66. The Morgan fingerprint density at radius 3 is 2.50 bits per heavy atom. The summed E-state index contributed by atoms with van der Waals surface area (Å²) in [5.74, 6) is 1.67. The lowest BCUT2D eigenvalue weighted by Gasteiger charge is -2.11. The lowest BCUT2D eigenvalue weighted by Crippen LogP contribution is -1.98. The van der Waals surface area contributed by atoms with Crippen LogP contribution in [0.3, 0.4) is 0 Å². The van der Waals surface area contributed by atoms with Gasteiger partial charge in [-0.2, -0.15) is 0 Å². The zero-order valence-corrected chi connectivity index (χ0v) is 9.21. The number of rotatable bonds is 3. The molecule has 0 heterocycles. The van der Waals surface area contributed by atoms with Crippen molar-refractivity contribution in [3.8, 4) is 5.75 Å². The standard InChI is InChI=1S/C13H18O/c1-9(2)11-4-7-13(10(3)8-11)14-12-5-6-12/h4,7-9,12H,5-6H2,1-3H3. The molecule has 0 N–H and O–H groups in total. The second-order valence-corrected chi connectivity index (χ2v) is 4.50. The van der Waals surface area contributed by atoms with Gasteiger partial charge in [-0.1, -0.05) is 26.0 Å². The molecule has 1 nitrogen and oxygen atoms in total. The van der Waals surface area contributed by atoms with Crippen LogP contribution in [0.25, 0.3) is 0 Å². The SMILES string of the molecule is Cc1cc(C(C)C)ccc1OC1CC1. The fourth-order valence-corrected chi connectivity index (χ4v) is 1.53. The minimum absolute atomic E-state index is 0.499. The normalized spacial score (nSPS) is 16.0.